The molecule has 0 spiro atoms. The highest BCUT2D eigenvalue weighted by molar-refractivity contribution is 4.94. The summed E-state index contributed by atoms with van der Waals surface area (Å²) in [6.45, 7) is 8.14. The third-order valence-corrected chi connectivity index (χ3v) is 2.85. The minimum absolute atomic E-state index is 0.0552. The molecule has 0 radical (unpaired) electrons. The van der Waals surface area contributed by atoms with Gasteiger partial charge >= 0.3 is 0 Å². The number of nitrogens with one attached hydrogen (secondary N) is 1. The van der Waals surface area contributed by atoms with Crippen LogP contribution < -0.4 is 5.32 Å². The van der Waals surface area contributed by atoms with E-state index in [0.717, 1.165) is 19.6 Å². The Kier molecular flexibility index (Phi) is 2.82. The summed E-state index contributed by atoms with van der Waals surface area (Å²) in [5.41, 5.74) is -0.0552. The van der Waals surface area contributed by atoms with Crippen LogP contribution in [0.4, 0.5) is 0 Å². The molecule has 0 bridgehead atoms. The van der Waals surface area contributed by atoms with Crippen molar-refractivity contribution >= 4 is 0 Å². The quantitative estimate of drug-likeness (QED) is 0.691. The highest BCUT2D eigenvalue weighted by atomic mass is 16.6. The Balaban J connectivity index is 1.94. The van der Waals surface area contributed by atoms with Crippen LogP contribution >= 0.6 is 0 Å². The second-order valence-electron chi connectivity index (χ2n) is 5.24. The van der Waals surface area contributed by atoms with Crippen molar-refractivity contribution in [3.63, 3.8) is 0 Å². The summed E-state index contributed by atoms with van der Waals surface area (Å²) in [7, 11) is 0. The summed E-state index contributed by atoms with van der Waals surface area (Å²) in [6.07, 6.45) is 2.88. The first kappa shape index (κ1) is 10.4. The molecule has 3 atom stereocenters. The minimum atomic E-state index is -0.0552. The van der Waals surface area contributed by atoms with Gasteiger partial charge in [0.15, 0.2) is 0 Å². The number of fused-ring (bicyclic) bond motifs is 1. The van der Waals surface area contributed by atoms with Crippen LogP contribution in [0.25, 0.3) is 0 Å². The zero-order valence-corrected chi connectivity index (χ0v) is 9.38. The van der Waals surface area contributed by atoms with Crippen LogP contribution in [-0.4, -0.2) is 37.0 Å². The van der Waals surface area contributed by atoms with E-state index in [1.165, 1.54) is 6.42 Å². The normalized spacial score (nSPS) is 38.4. The Labute approximate surface area is 86.2 Å². The molecule has 1 saturated carbocycles. The van der Waals surface area contributed by atoms with Crippen LogP contribution in [0.1, 0.15) is 33.6 Å². The van der Waals surface area contributed by atoms with Gasteiger partial charge in [-0.05, 0) is 33.6 Å². The van der Waals surface area contributed by atoms with Crippen LogP contribution in [0.2, 0.25) is 0 Å². The number of hydrogen-bond donors (Lipinski definition) is 1. The zero-order valence-electron chi connectivity index (χ0n) is 9.38. The summed E-state index contributed by atoms with van der Waals surface area (Å²) in [5, 5.41) is 3.49. The second kappa shape index (κ2) is 3.80. The molecule has 1 aliphatic heterocycles. The Morgan fingerprint density at radius 2 is 2.07 bits per heavy atom. The zero-order chi connectivity index (χ0) is 10.2. The van der Waals surface area contributed by atoms with E-state index in [1.54, 1.807) is 0 Å². The second-order valence-corrected chi connectivity index (χ2v) is 5.24. The van der Waals surface area contributed by atoms with Crippen LogP contribution in [-0.2, 0) is 9.47 Å². The van der Waals surface area contributed by atoms with Crippen molar-refractivity contribution in [2.24, 2.45) is 0 Å². The van der Waals surface area contributed by atoms with Gasteiger partial charge in [-0.2, -0.15) is 0 Å². The van der Waals surface area contributed by atoms with Crippen molar-refractivity contribution in [2.45, 2.75) is 57.5 Å². The maximum Gasteiger partial charge on any atom is 0.0989 e. The van der Waals surface area contributed by atoms with E-state index in [2.05, 4.69) is 26.1 Å². The Morgan fingerprint density at radius 1 is 1.29 bits per heavy atom. The van der Waals surface area contributed by atoms with Crippen LogP contribution in [0.5, 0.6) is 0 Å². The molecule has 0 amide bonds. The molecule has 3 nitrogen and oxygen atoms in total. The summed E-state index contributed by atoms with van der Waals surface area (Å²) in [5.74, 6) is 0. The summed E-state index contributed by atoms with van der Waals surface area (Å²) in [6, 6.07) is 0.524. The van der Waals surface area contributed by atoms with Crippen LogP contribution in [0.15, 0.2) is 0 Å². The molecule has 3 heteroatoms. The molecule has 2 aliphatic rings. The molecule has 3 unspecified atom stereocenters. The van der Waals surface area contributed by atoms with Gasteiger partial charge in [0, 0.05) is 12.6 Å². The molecule has 1 heterocycles. The molecule has 1 saturated heterocycles. The van der Waals surface area contributed by atoms with Gasteiger partial charge in [0.05, 0.1) is 24.4 Å². The lowest BCUT2D eigenvalue weighted by Gasteiger charge is -2.33. The molecule has 0 aromatic rings. The molecule has 1 N–H and O–H groups in total. The van der Waals surface area contributed by atoms with E-state index in [4.69, 9.17) is 9.47 Å². The van der Waals surface area contributed by atoms with Gasteiger partial charge in [-0.1, -0.05) is 0 Å². The van der Waals surface area contributed by atoms with Crippen molar-refractivity contribution < 1.29 is 9.47 Å². The molecule has 2 rings (SSSR count). The van der Waals surface area contributed by atoms with E-state index in [9.17, 15) is 0 Å². The molecular weight excluding hydrogens is 178 g/mol. The first-order valence-corrected chi connectivity index (χ1v) is 5.59. The maximum absolute atomic E-state index is 6.00. The molecule has 0 aromatic heterocycles. The van der Waals surface area contributed by atoms with Crippen molar-refractivity contribution in [2.75, 3.05) is 13.2 Å². The Bertz CT molecular complexity index is 200. The number of rotatable bonds is 1. The lowest BCUT2D eigenvalue weighted by atomic mass is 10.1. The maximum atomic E-state index is 6.00. The largest absolute Gasteiger partial charge is 0.373 e. The first-order valence-electron chi connectivity index (χ1n) is 5.59. The van der Waals surface area contributed by atoms with Gasteiger partial charge in [-0.25, -0.2) is 0 Å². The van der Waals surface area contributed by atoms with Crippen molar-refractivity contribution in [3.8, 4) is 0 Å². The van der Waals surface area contributed by atoms with Crippen molar-refractivity contribution in [3.05, 3.63) is 0 Å². The average molecular weight is 199 g/mol. The molecule has 2 fully saturated rings. The fourth-order valence-electron chi connectivity index (χ4n) is 2.39. The van der Waals surface area contributed by atoms with Gasteiger partial charge in [-0.15, -0.1) is 0 Å². The SMILES string of the molecule is CC(C)(C)OC1CCC2NCCOC21. The van der Waals surface area contributed by atoms with Gasteiger partial charge in [-0.3, -0.25) is 0 Å². The Hall–Kier alpha value is -0.120. The lowest BCUT2D eigenvalue weighted by molar-refractivity contribution is -0.128. The first-order chi connectivity index (χ1) is 6.56. The minimum Gasteiger partial charge on any atom is -0.373 e. The summed E-state index contributed by atoms with van der Waals surface area (Å²) in [4.78, 5) is 0. The van der Waals surface area contributed by atoms with Gasteiger partial charge < -0.3 is 14.8 Å². The monoisotopic (exact) mass is 199 g/mol. The molecular formula is C11H21NO2. The topological polar surface area (TPSA) is 30.5 Å². The number of hydrogen-bond acceptors (Lipinski definition) is 3. The lowest BCUT2D eigenvalue weighted by Crippen LogP contribution is -2.50. The third-order valence-electron chi connectivity index (χ3n) is 2.85. The summed E-state index contributed by atoms with van der Waals surface area (Å²) >= 11 is 0. The number of ether oxygens (including phenoxy) is 2. The summed E-state index contributed by atoms with van der Waals surface area (Å²) < 4.78 is 11.8. The predicted octanol–water partition coefficient (Wildman–Crippen LogP) is 1.32. The van der Waals surface area contributed by atoms with Gasteiger partial charge in [0.25, 0.3) is 0 Å². The smallest absolute Gasteiger partial charge is 0.0989 e. The van der Waals surface area contributed by atoms with Crippen LogP contribution in [0, 0.1) is 0 Å². The number of morpholine rings is 1. The Morgan fingerprint density at radius 3 is 2.79 bits per heavy atom. The average Bonchev–Trinajstić information content (AvgIpc) is 2.47. The van der Waals surface area contributed by atoms with Gasteiger partial charge in [0.1, 0.15) is 0 Å². The molecule has 1 aliphatic carbocycles. The van der Waals surface area contributed by atoms with Crippen LogP contribution in [0.3, 0.4) is 0 Å². The van der Waals surface area contributed by atoms with E-state index >= 15 is 0 Å². The van der Waals surface area contributed by atoms with Crippen molar-refractivity contribution in [1.29, 1.82) is 0 Å². The van der Waals surface area contributed by atoms with E-state index in [0.29, 0.717) is 6.04 Å². The van der Waals surface area contributed by atoms with E-state index in [1.807, 2.05) is 0 Å². The third kappa shape index (κ3) is 2.27. The predicted molar refractivity (Wildman–Crippen MR) is 55.4 cm³/mol. The molecule has 14 heavy (non-hydrogen) atoms. The fraction of sp³-hybridized carbons (Fsp3) is 1.00. The molecule has 0 aromatic carbocycles. The van der Waals surface area contributed by atoms with Crippen molar-refractivity contribution in [1.82, 2.24) is 5.32 Å². The molecule has 82 valence electrons. The highest BCUT2D eigenvalue weighted by Gasteiger charge is 2.40. The van der Waals surface area contributed by atoms with Gasteiger partial charge in [0.2, 0.25) is 0 Å². The highest BCUT2D eigenvalue weighted by Crippen LogP contribution is 2.30. The fourth-order valence-corrected chi connectivity index (χ4v) is 2.39. The standard InChI is InChI=1S/C11H21NO2/c1-11(2,3)14-9-5-4-8-10(9)13-7-6-12-8/h8-10,12H,4-7H2,1-3H3. The van der Waals surface area contributed by atoms with E-state index < -0.39 is 0 Å². The van der Waals surface area contributed by atoms with E-state index in [-0.39, 0.29) is 17.8 Å².